The van der Waals surface area contributed by atoms with Crippen molar-refractivity contribution < 1.29 is 14.3 Å². The molecule has 1 atom stereocenters. The summed E-state index contributed by atoms with van der Waals surface area (Å²) in [6.45, 7) is 3.74. The second-order valence-corrected chi connectivity index (χ2v) is 5.85. The van der Waals surface area contributed by atoms with Crippen LogP contribution in [0.2, 0.25) is 0 Å². The van der Waals surface area contributed by atoms with E-state index in [1.54, 1.807) is 6.07 Å². The highest BCUT2D eigenvalue weighted by molar-refractivity contribution is 5.97. The van der Waals surface area contributed by atoms with E-state index in [9.17, 15) is 9.59 Å². The number of carbonyl (C=O) groups excluding carboxylic acids is 2. The Morgan fingerprint density at radius 1 is 1.23 bits per heavy atom. The van der Waals surface area contributed by atoms with E-state index in [1.807, 2.05) is 19.1 Å². The molecular weight excluding hydrogens is 282 g/mol. The molecule has 3 N–H and O–H groups in total. The molecular formula is C16H21N3O3. The van der Waals surface area contributed by atoms with Crippen LogP contribution in [0.25, 0.3) is 0 Å². The van der Waals surface area contributed by atoms with Gasteiger partial charge in [0.2, 0.25) is 5.91 Å². The molecule has 1 aromatic rings. The van der Waals surface area contributed by atoms with Crippen molar-refractivity contribution in [1.82, 2.24) is 5.32 Å². The Bertz CT molecular complexity index is 578. The van der Waals surface area contributed by atoms with Crippen LogP contribution in [-0.4, -0.2) is 37.6 Å². The van der Waals surface area contributed by atoms with E-state index in [2.05, 4.69) is 16.0 Å². The maximum atomic E-state index is 12.2. The van der Waals surface area contributed by atoms with Gasteiger partial charge in [-0.1, -0.05) is 6.07 Å². The van der Waals surface area contributed by atoms with Gasteiger partial charge >= 0.3 is 0 Å². The van der Waals surface area contributed by atoms with Gasteiger partial charge in [0.1, 0.15) is 6.10 Å². The fraction of sp³-hybridized carbons (Fsp3) is 0.500. The minimum Gasteiger partial charge on any atom is -0.366 e. The third-order valence-corrected chi connectivity index (χ3v) is 3.93. The first-order valence-corrected chi connectivity index (χ1v) is 7.68. The lowest BCUT2D eigenvalue weighted by molar-refractivity contribution is -0.128. The summed E-state index contributed by atoms with van der Waals surface area (Å²) in [4.78, 5) is 24.0. The molecule has 2 aliphatic rings. The van der Waals surface area contributed by atoms with Crippen LogP contribution in [0.3, 0.4) is 0 Å². The van der Waals surface area contributed by atoms with E-state index >= 15 is 0 Å². The van der Waals surface area contributed by atoms with Crippen LogP contribution < -0.4 is 16.0 Å². The van der Waals surface area contributed by atoms with Crippen LogP contribution in [-0.2, 0) is 14.3 Å². The topological polar surface area (TPSA) is 79.5 Å². The molecule has 0 bridgehead atoms. The van der Waals surface area contributed by atoms with Crippen molar-refractivity contribution in [3.8, 4) is 0 Å². The van der Waals surface area contributed by atoms with Gasteiger partial charge in [-0.2, -0.15) is 0 Å². The first-order valence-electron chi connectivity index (χ1n) is 7.68. The number of carbonyl (C=O) groups is 2. The lowest BCUT2D eigenvalue weighted by atomic mass is 10.1. The molecule has 1 heterocycles. The Labute approximate surface area is 129 Å². The Kier molecular flexibility index (Phi) is 4.40. The Morgan fingerprint density at radius 3 is 2.73 bits per heavy atom. The predicted molar refractivity (Wildman–Crippen MR) is 83.8 cm³/mol. The van der Waals surface area contributed by atoms with Gasteiger partial charge in [0, 0.05) is 30.4 Å². The van der Waals surface area contributed by atoms with Crippen LogP contribution >= 0.6 is 0 Å². The van der Waals surface area contributed by atoms with Gasteiger partial charge in [-0.3, -0.25) is 9.59 Å². The summed E-state index contributed by atoms with van der Waals surface area (Å²) in [5.41, 5.74) is 2.36. The summed E-state index contributed by atoms with van der Waals surface area (Å²) < 4.78 is 5.44. The molecule has 1 aliphatic carbocycles. The van der Waals surface area contributed by atoms with Crippen molar-refractivity contribution in [2.24, 2.45) is 5.92 Å². The molecule has 2 amide bonds. The van der Waals surface area contributed by atoms with Crippen molar-refractivity contribution in [3.05, 3.63) is 23.8 Å². The monoisotopic (exact) mass is 303 g/mol. The standard InChI is InChI=1S/C16H21N3O3/c1-10-2-5-12(18-15(20)11-3-4-11)8-13(10)19-16(21)14-9-17-6-7-22-14/h2,5,8,11,14,17H,3-4,6-7,9H2,1H3,(H,18,20)(H,19,21). The van der Waals surface area contributed by atoms with E-state index in [4.69, 9.17) is 4.74 Å². The largest absolute Gasteiger partial charge is 0.366 e. The lowest BCUT2D eigenvalue weighted by Crippen LogP contribution is -2.45. The van der Waals surface area contributed by atoms with Crippen molar-refractivity contribution in [3.63, 3.8) is 0 Å². The van der Waals surface area contributed by atoms with Gasteiger partial charge in [-0.05, 0) is 37.5 Å². The SMILES string of the molecule is Cc1ccc(NC(=O)C2CC2)cc1NC(=O)C1CNCCO1. The fourth-order valence-electron chi connectivity index (χ4n) is 2.37. The molecule has 6 nitrogen and oxygen atoms in total. The molecule has 1 unspecified atom stereocenters. The van der Waals surface area contributed by atoms with Crippen molar-refractivity contribution in [2.45, 2.75) is 25.9 Å². The van der Waals surface area contributed by atoms with E-state index in [1.165, 1.54) is 0 Å². The first kappa shape index (κ1) is 15.0. The van der Waals surface area contributed by atoms with Gasteiger partial charge in [0.05, 0.1) is 6.61 Å². The normalized spacial score (nSPS) is 21.2. The number of aryl methyl sites for hydroxylation is 1. The van der Waals surface area contributed by atoms with Crippen LogP contribution in [0.15, 0.2) is 18.2 Å². The van der Waals surface area contributed by atoms with Gasteiger partial charge in [0.25, 0.3) is 5.91 Å². The lowest BCUT2D eigenvalue weighted by Gasteiger charge is -2.23. The number of rotatable bonds is 4. The summed E-state index contributed by atoms with van der Waals surface area (Å²) in [5.74, 6) is 0.0444. The molecule has 0 aromatic heterocycles. The van der Waals surface area contributed by atoms with Gasteiger partial charge in [-0.15, -0.1) is 0 Å². The van der Waals surface area contributed by atoms with E-state index in [0.29, 0.717) is 24.5 Å². The van der Waals surface area contributed by atoms with Crippen LogP contribution in [0, 0.1) is 12.8 Å². The number of hydrogen-bond donors (Lipinski definition) is 3. The maximum absolute atomic E-state index is 12.2. The number of benzene rings is 1. The number of ether oxygens (including phenoxy) is 1. The van der Waals surface area contributed by atoms with E-state index in [0.717, 1.165) is 24.9 Å². The minimum absolute atomic E-state index is 0.0564. The Balaban J connectivity index is 1.66. The fourth-order valence-corrected chi connectivity index (χ4v) is 2.37. The second kappa shape index (κ2) is 6.46. The average Bonchev–Trinajstić information content (AvgIpc) is 3.36. The number of hydrogen-bond acceptors (Lipinski definition) is 4. The molecule has 0 radical (unpaired) electrons. The van der Waals surface area contributed by atoms with E-state index in [-0.39, 0.29) is 17.7 Å². The molecule has 118 valence electrons. The molecule has 1 saturated carbocycles. The highest BCUT2D eigenvalue weighted by Gasteiger charge is 2.29. The molecule has 1 aliphatic heterocycles. The van der Waals surface area contributed by atoms with Crippen molar-refractivity contribution >= 4 is 23.2 Å². The Hall–Kier alpha value is -1.92. The van der Waals surface area contributed by atoms with Gasteiger partial charge in [-0.25, -0.2) is 0 Å². The quantitative estimate of drug-likeness (QED) is 0.782. The molecule has 6 heteroatoms. The van der Waals surface area contributed by atoms with Crippen molar-refractivity contribution in [2.75, 3.05) is 30.3 Å². The number of morpholine rings is 1. The van der Waals surface area contributed by atoms with Crippen LogP contribution in [0.5, 0.6) is 0 Å². The smallest absolute Gasteiger partial charge is 0.254 e. The number of anilines is 2. The van der Waals surface area contributed by atoms with Crippen LogP contribution in [0.1, 0.15) is 18.4 Å². The third kappa shape index (κ3) is 3.64. The minimum atomic E-state index is -0.474. The van der Waals surface area contributed by atoms with Gasteiger partial charge < -0.3 is 20.7 Å². The molecule has 22 heavy (non-hydrogen) atoms. The third-order valence-electron chi connectivity index (χ3n) is 3.93. The zero-order valence-corrected chi connectivity index (χ0v) is 12.6. The molecule has 0 spiro atoms. The molecule has 3 rings (SSSR count). The summed E-state index contributed by atoms with van der Waals surface area (Å²) in [7, 11) is 0. The highest BCUT2D eigenvalue weighted by atomic mass is 16.5. The second-order valence-electron chi connectivity index (χ2n) is 5.85. The highest BCUT2D eigenvalue weighted by Crippen LogP contribution is 2.30. The van der Waals surface area contributed by atoms with Crippen LogP contribution in [0.4, 0.5) is 11.4 Å². The Morgan fingerprint density at radius 2 is 2.05 bits per heavy atom. The molecule has 2 fully saturated rings. The predicted octanol–water partition coefficient (Wildman–Crippen LogP) is 1.27. The zero-order chi connectivity index (χ0) is 15.5. The average molecular weight is 303 g/mol. The summed E-state index contributed by atoms with van der Waals surface area (Å²) >= 11 is 0. The summed E-state index contributed by atoms with van der Waals surface area (Å²) in [6.07, 6.45) is 1.46. The zero-order valence-electron chi connectivity index (χ0n) is 12.6. The molecule has 1 aromatic carbocycles. The van der Waals surface area contributed by atoms with E-state index < -0.39 is 6.10 Å². The maximum Gasteiger partial charge on any atom is 0.254 e. The number of amides is 2. The summed E-state index contributed by atoms with van der Waals surface area (Å²) in [6, 6.07) is 5.53. The first-order chi connectivity index (χ1) is 10.6. The van der Waals surface area contributed by atoms with Gasteiger partial charge in [0.15, 0.2) is 0 Å². The summed E-state index contributed by atoms with van der Waals surface area (Å²) in [5, 5.41) is 8.90. The molecule has 1 saturated heterocycles. The van der Waals surface area contributed by atoms with Crippen molar-refractivity contribution in [1.29, 1.82) is 0 Å². The number of nitrogens with one attached hydrogen (secondary N) is 3.